The van der Waals surface area contributed by atoms with E-state index >= 15 is 0 Å². The number of hydrogen-bond acceptors (Lipinski definition) is 4. The lowest BCUT2D eigenvalue weighted by molar-refractivity contribution is -0.140. The fourth-order valence-electron chi connectivity index (χ4n) is 3.93. The first-order chi connectivity index (χ1) is 18.4. The highest BCUT2D eigenvalue weighted by atomic mass is 35.5. The Morgan fingerprint density at radius 3 is 2.21 bits per heavy atom. The Labute approximate surface area is 236 Å². The highest BCUT2D eigenvalue weighted by Crippen LogP contribution is 2.25. The minimum atomic E-state index is -4.12. The maximum Gasteiger partial charge on any atom is 0.244 e. The molecule has 12 heteroatoms. The number of sulfonamides is 1. The number of rotatable bonds is 11. The third-order valence-corrected chi connectivity index (χ3v) is 7.71. The Hall–Kier alpha value is -3.21. The van der Waals surface area contributed by atoms with Gasteiger partial charge in [-0.25, -0.2) is 17.2 Å². The number of nitrogens with zero attached hydrogens (tertiary/aromatic N) is 2. The summed E-state index contributed by atoms with van der Waals surface area (Å²) in [5.74, 6) is -3.64. The maximum atomic E-state index is 14.0. The molecule has 0 fully saturated rings. The van der Waals surface area contributed by atoms with Crippen LogP contribution in [0, 0.1) is 11.6 Å². The first-order valence-corrected chi connectivity index (χ1v) is 14.5. The summed E-state index contributed by atoms with van der Waals surface area (Å²) in [5, 5.41) is 3.26. The molecule has 0 aliphatic heterocycles. The van der Waals surface area contributed by atoms with Gasteiger partial charge in [-0.1, -0.05) is 59.6 Å². The van der Waals surface area contributed by atoms with Crippen molar-refractivity contribution >= 4 is 50.7 Å². The lowest BCUT2D eigenvalue weighted by atomic mass is 10.0. The minimum absolute atomic E-state index is 0.111. The molecule has 0 saturated heterocycles. The molecule has 0 heterocycles. The molecule has 7 nitrogen and oxygen atoms in total. The molecule has 208 valence electrons. The van der Waals surface area contributed by atoms with Gasteiger partial charge in [-0.3, -0.25) is 13.9 Å². The molecule has 3 aromatic rings. The van der Waals surface area contributed by atoms with Gasteiger partial charge in [0.1, 0.15) is 12.6 Å². The van der Waals surface area contributed by atoms with Crippen LogP contribution in [0.1, 0.15) is 18.1 Å². The topological polar surface area (TPSA) is 86.8 Å². The van der Waals surface area contributed by atoms with Crippen molar-refractivity contribution in [2.75, 3.05) is 23.7 Å². The van der Waals surface area contributed by atoms with Crippen molar-refractivity contribution < 1.29 is 26.8 Å². The third kappa shape index (κ3) is 8.14. The molecule has 0 aliphatic carbocycles. The lowest BCUT2D eigenvalue weighted by Gasteiger charge is -2.33. The van der Waals surface area contributed by atoms with Crippen LogP contribution in [0.3, 0.4) is 0 Å². The van der Waals surface area contributed by atoms with Crippen molar-refractivity contribution in [2.45, 2.75) is 25.9 Å². The Morgan fingerprint density at radius 1 is 0.923 bits per heavy atom. The van der Waals surface area contributed by atoms with Crippen LogP contribution < -0.4 is 9.62 Å². The SMILES string of the molecule is CCNC(=O)[C@H](Cc1ccccc1)N(Cc1ccc(Cl)c(Cl)c1)C(=O)CN(c1ccc(F)c(F)c1)S(C)(=O)=O. The summed E-state index contributed by atoms with van der Waals surface area (Å²) in [6.07, 6.45) is 0.972. The molecule has 0 aliphatic rings. The number of likely N-dealkylation sites (N-methyl/N-ethyl adjacent to an activating group) is 1. The minimum Gasteiger partial charge on any atom is -0.355 e. The van der Waals surface area contributed by atoms with E-state index < -0.39 is 46.1 Å². The second kappa shape index (κ2) is 13.2. The third-order valence-electron chi connectivity index (χ3n) is 5.83. The van der Waals surface area contributed by atoms with Gasteiger partial charge in [-0.05, 0) is 42.3 Å². The number of nitrogens with one attached hydrogen (secondary N) is 1. The first kappa shape index (κ1) is 30.3. The van der Waals surface area contributed by atoms with E-state index in [-0.39, 0.29) is 23.7 Å². The van der Waals surface area contributed by atoms with Gasteiger partial charge >= 0.3 is 0 Å². The van der Waals surface area contributed by atoms with Crippen LogP contribution in [0.5, 0.6) is 0 Å². The molecule has 2 amide bonds. The number of anilines is 1. The average molecular weight is 598 g/mol. The molecule has 1 N–H and O–H groups in total. The van der Waals surface area contributed by atoms with Crippen LogP contribution in [0.4, 0.5) is 14.5 Å². The molecule has 0 bridgehead atoms. The van der Waals surface area contributed by atoms with E-state index in [0.29, 0.717) is 27.5 Å². The molecule has 0 spiro atoms. The molecule has 1 atom stereocenters. The van der Waals surface area contributed by atoms with Gasteiger partial charge < -0.3 is 10.2 Å². The van der Waals surface area contributed by atoms with Crippen molar-refractivity contribution in [3.63, 3.8) is 0 Å². The van der Waals surface area contributed by atoms with Crippen LogP contribution in [-0.4, -0.2) is 50.5 Å². The summed E-state index contributed by atoms with van der Waals surface area (Å²) in [5.41, 5.74) is 1.07. The molecular formula is C27H27Cl2F2N3O4S. The molecule has 3 rings (SSSR count). The number of carbonyl (C=O) groups excluding carboxylic acids is 2. The maximum absolute atomic E-state index is 14.0. The summed E-state index contributed by atoms with van der Waals surface area (Å²) in [6.45, 7) is 1.15. The monoisotopic (exact) mass is 597 g/mol. The van der Waals surface area contributed by atoms with Crippen LogP contribution in [0.25, 0.3) is 0 Å². The smallest absolute Gasteiger partial charge is 0.244 e. The van der Waals surface area contributed by atoms with E-state index in [2.05, 4.69) is 5.32 Å². The van der Waals surface area contributed by atoms with Crippen molar-refractivity contribution in [1.29, 1.82) is 0 Å². The van der Waals surface area contributed by atoms with E-state index in [4.69, 9.17) is 23.2 Å². The molecule has 0 aromatic heterocycles. The molecule has 3 aromatic carbocycles. The van der Waals surface area contributed by atoms with Gasteiger partial charge in [0.05, 0.1) is 22.0 Å². The van der Waals surface area contributed by atoms with Crippen molar-refractivity contribution in [3.8, 4) is 0 Å². The summed E-state index contributed by atoms with van der Waals surface area (Å²) in [6, 6.07) is 15.2. The quantitative estimate of drug-likeness (QED) is 0.343. The Morgan fingerprint density at radius 2 is 1.62 bits per heavy atom. The average Bonchev–Trinajstić information content (AvgIpc) is 2.88. The normalized spacial score (nSPS) is 12.1. The second-order valence-electron chi connectivity index (χ2n) is 8.74. The Bertz CT molecular complexity index is 1440. The van der Waals surface area contributed by atoms with E-state index in [0.717, 1.165) is 24.0 Å². The molecule has 0 saturated carbocycles. The van der Waals surface area contributed by atoms with E-state index in [1.165, 1.54) is 4.90 Å². The van der Waals surface area contributed by atoms with Crippen LogP contribution in [0.2, 0.25) is 10.0 Å². The zero-order chi connectivity index (χ0) is 28.7. The summed E-state index contributed by atoms with van der Waals surface area (Å²) in [4.78, 5) is 28.3. The van der Waals surface area contributed by atoms with Gasteiger partial charge in [0.15, 0.2) is 11.6 Å². The summed E-state index contributed by atoms with van der Waals surface area (Å²) < 4.78 is 53.5. The highest BCUT2D eigenvalue weighted by Gasteiger charge is 2.33. The van der Waals surface area contributed by atoms with Gasteiger partial charge in [-0.2, -0.15) is 0 Å². The van der Waals surface area contributed by atoms with E-state index in [9.17, 15) is 26.8 Å². The zero-order valence-corrected chi connectivity index (χ0v) is 23.5. The number of amides is 2. The summed E-state index contributed by atoms with van der Waals surface area (Å²) >= 11 is 12.2. The first-order valence-electron chi connectivity index (χ1n) is 11.9. The van der Waals surface area contributed by atoms with Gasteiger partial charge in [0, 0.05) is 25.6 Å². The summed E-state index contributed by atoms with van der Waals surface area (Å²) in [7, 11) is -4.12. The van der Waals surface area contributed by atoms with Crippen molar-refractivity contribution in [3.05, 3.63) is 99.5 Å². The molecule has 0 unspecified atom stereocenters. The molecule has 0 radical (unpaired) electrons. The second-order valence-corrected chi connectivity index (χ2v) is 11.5. The van der Waals surface area contributed by atoms with Crippen LogP contribution in [-0.2, 0) is 32.6 Å². The molecule has 39 heavy (non-hydrogen) atoms. The number of halogens is 4. The predicted octanol–water partition coefficient (Wildman–Crippen LogP) is 4.81. The van der Waals surface area contributed by atoms with Crippen LogP contribution in [0.15, 0.2) is 66.7 Å². The lowest BCUT2D eigenvalue weighted by Crippen LogP contribution is -2.53. The standard InChI is InChI=1S/C27H27Cl2F2N3O4S/c1-3-32-27(36)25(14-18-7-5-4-6-8-18)33(16-19-9-11-21(28)22(29)13-19)26(35)17-34(39(2,37)38)20-10-12-23(30)24(31)15-20/h4-13,15,25H,3,14,16-17H2,1-2H3,(H,32,36)/t25-/m0/s1. The predicted molar refractivity (Wildman–Crippen MR) is 148 cm³/mol. The molecular weight excluding hydrogens is 571 g/mol. The van der Waals surface area contributed by atoms with Gasteiger partial charge in [-0.15, -0.1) is 0 Å². The highest BCUT2D eigenvalue weighted by molar-refractivity contribution is 7.92. The van der Waals surface area contributed by atoms with Crippen molar-refractivity contribution in [1.82, 2.24) is 10.2 Å². The zero-order valence-electron chi connectivity index (χ0n) is 21.2. The van der Waals surface area contributed by atoms with Gasteiger partial charge in [0.2, 0.25) is 21.8 Å². The Balaban J connectivity index is 2.07. The van der Waals surface area contributed by atoms with Gasteiger partial charge in [0.25, 0.3) is 0 Å². The number of hydrogen-bond donors (Lipinski definition) is 1. The fourth-order valence-corrected chi connectivity index (χ4v) is 5.10. The number of benzene rings is 3. The van der Waals surface area contributed by atoms with Crippen molar-refractivity contribution in [2.24, 2.45) is 0 Å². The Kier molecular flexibility index (Phi) is 10.3. The van der Waals surface area contributed by atoms with E-state index in [1.807, 2.05) is 6.07 Å². The fraction of sp³-hybridized carbons (Fsp3) is 0.259. The number of carbonyl (C=O) groups is 2. The van der Waals surface area contributed by atoms with E-state index in [1.54, 1.807) is 49.4 Å². The largest absolute Gasteiger partial charge is 0.355 e. The van der Waals surface area contributed by atoms with Crippen LogP contribution >= 0.6 is 23.2 Å².